The number of hydrogen-bond acceptors (Lipinski definition) is 4. The van der Waals surface area contributed by atoms with Crippen molar-refractivity contribution in [3.05, 3.63) is 37.8 Å². The molecule has 0 fully saturated rings. The van der Waals surface area contributed by atoms with Gasteiger partial charge in [0, 0.05) is 6.54 Å². The summed E-state index contributed by atoms with van der Waals surface area (Å²) in [5.41, 5.74) is 2.14. The van der Waals surface area contributed by atoms with E-state index in [1.165, 1.54) is 11.3 Å². The van der Waals surface area contributed by atoms with Crippen molar-refractivity contribution in [2.75, 3.05) is 0 Å². The lowest BCUT2D eigenvalue weighted by Gasteiger charge is -2.04. The van der Waals surface area contributed by atoms with Crippen LogP contribution >= 0.6 is 38.6 Å². The van der Waals surface area contributed by atoms with Crippen LogP contribution in [-0.4, -0.2) is 8.42 Å². The van der Waals surface area contributed by atoms with Gasteiger partial charge in [0.15, 0.2) is 0 Å². The molecule has 0 amide bonds. The molecule has 17 heavy (non-hydrogen) atoms. The van der Waals surface area contributed by atoms with Gasteiger partial charge >= 0.3 is 0 Å². The number of aryl methyl sites for hydroxylation is 1. The summed E-state index contributed by atoms with van der Waals surface area (Å²) in [6, 6.07) is 3.33. The molecule has 1 N–H and O–H groups in total. The molecule has 0 unspecified atom stereocenters. The molecule has 7 heteroatoms. The molecule has 0 aliphatic carbocycles. The quantitative estimate of drug-likeness (QED) is 0.917. The minimum Gasteiger partial charge on any atom is -0.206 e. The average Bonchev–Trinajstić information content (AvgIpc) is 2.85. The maximum atomic E-state index is 11.9. The zero-order valence-electron chi connectivity index (χ0n) is 8.94. The van der Waals surface area contributed by atoms with E-state index in [1.807, 2.05) is 17.7 Å². The zero-order chi connectivity index (χ0) is 12.5. The maximum Gasteiger partial charge on any atom is 0.250 e. The largest absolute Gasteiger partial charge is 0.250 e. The molecular weight excluding hydrogens is 342 g/mol. The molecule has 2 aromatic rings. The van der Waals surface area contributed by atoms with E-state index in [0.29, 0.717) is 10.8 Å². The Morgan fingerprint density at radius 1 is 1.35 bits per heavy atom. The Morgan fingerprint density at radius 3 is 2.65 bits per heavy atom. The lowest BCUT2D eigenvalue weighted by molar-refractivity contribution is 0.583. The van der Waals surface area contributed by atoms with E-state index >= 15 is 0 Å². The highest BCUT2D eigenvalue weighted by Gasteiger charge is 2.16. The molecule has 0 aliphatic heterocycles. The van der Waals surface area contributed by atoms with Gasteiger partial charge in [-0.2, -0.15) is 11.3 Å². The third-order valence-corrected chi connectivity index (χ3v) is 6.65. The minimum absolute atomic E-state index is 0.331. The van der Waals surface area contributed by atoms with E-state index in [1.54, 1.807) is 23.5 Å². The van der Waals surface area contributed by atoms with Crippen molar-refractivity contribution in [2.24, 2.45) is 0 Å². The van der Waals surface area contributed by atoms with Crippen molar-refractivity contribution in [1.29, 1.82) is 0 Å². The van der Waals surface area contributed by atoms with Crippen molar-refractivity contribution < 1.29 is 8.42 Å². The summed E-state index contributed by atoms with van der Waals surface area (Å²) in [6.07, 6.45) is 0. The molecule has 0 spiro atoms. The van der Waals surface area contributed by atoms with Crippen molar-refractivity contribution in [2.45, 2.75) is 17.7 Å². The standard InChI is InChI=1S/C10H10BrNO2S3/c1-7-5-15-6-8(7)4-12-17(13,14)10-3-2-9(11)16-10/h2-3,5-6,12H,4H2,1H3. The van der Waals surface area contributed by atoms with Gasteiger partial charge in [-0.25, -0.2) is 13.1 Å². The summed E-state index contributed by atoms with van der Waals surface area (Å²) < 4.78 is 27.6. The van der Waals surface area contributed by atoms with Crippen LogP contribution in [0.2, 0.25) is 0 Å². The molecule has 2 heterocycles. The van der Waals surface area contributed by atoms with Crippen LogP contribution in [0.1, 0.15) is 11.1 Å². The van der Waals surface area contributed by atoms with E-state index in [-0.39, 0.29) is 0 Å². The van der Waals surface area contributed by atoms with Crippen molar-refractivity contribution >= 4 is 48.6 Å². The first-order chi connectivity index (χ1) is 7.99. The highest BCUT2D eigenvalue weighted by Crippen LogP contribution is 2.26. The van der Waals surface area contributed by atoms with Crippen molar-refractivity contribution in [3.63, 3.8) is 0 Å². The number of nitrogens with one attached hydrogen (secondary N) is 1. The van der Waals surface area contributed by atoms with E-state index < -0.39 is 10.0 Å². The SMILES string of the molecule is Cc1cscc1CNS(=O)(=O)c1ccc(Br)s1. The van der Waals surface area contributed by atoms with Crippen LogP contribution in [0.3, 0.4) is 0 Å². The number of rotatable bonds is 4. The highest BCUT2D eigenvalue weighted by atomic mass is 79.9. The summed E-state index contributed by atoms with van der Waals surface area (Å²) in [7, 11) is -3.39. The Kier molecular flexibility index (Phi) is 4.04. The van der Waals surface area contributed by atoms with Gasteiger partial charge < -0.3 is 0 Å². The fourth-order valence-electron chi connectivity index (χ4n) is 1.25. The first-order valence-electron chi connectivity index (χ1n) is 4.76. The molecule has 0 bridgehead atoms. The second-order valence-corrected chi connectivity index (χ2v) is 8.66. The molecule has 0 saturated carbocycles. The molecule has 0 atom stereocenters. The number of halogens is 1. The Morgan fingerprint density at radius 2 is 2.12 bits per heavy atom. The summed E-state index contributed by atoms with van der Waals surface area (Å²) in [5, 5.41) is 3.97. The van der Waals surface area contributed by atoms with Crippen molar-refractivity contribution in [1.82, 2.24) is 4.72 Å². The van der Waals surface area contributed by atoms with E-state index in [0.717, 1.165) is 14.9 Å². The van der Waals surface area contributed by atoms with Crippen LogP contribution < -0.4 is 4.72 Å². The summed E-state index contributed by atoms with van der Waals surface area (Å²) in [6.45, 7) is 2.31. The Labute approximate surface area is 117 Å². The Balaban J connectivity index is 2.11. The van der Waals surface area contributed by atoms with Crippen LogP contribution in [0.5, 0.6) is 0 Å². The first-order valence-corrected chi connectivity index (χ1v) is 8.79. The van der Waals surface area contributed by atoms with E-state index in [2.05, 4.69) is 20.7 Å². The Bertz CT molecular complexity index is 615. The molecule has 0 aliphatic rings. The minimum atomic E-state index is -3.39. The molecular formula is C10H10BrNO2S3. The van der Waals surface area contributed by atoms with Crippen LogP contribution in [0.4, 0.5) is 0 Å². The molecule has 0 saturated heterocycles. The van der Waals surface area contributed by atoms with Gasteiger partial charge in [0.25, 0.3) is 0 Å². The third-order valence-electron chi connectivity index (χ3n) is 2.23. The summed E-state index contributed by atoms with van der Waals surface area (Å²) in [4.78, 5) is 0. The summed E-state index contributed by atoms with van der Waals surface area (Å²) >= 11 is 6.04. The van der Waals surface area contributed by atoms with Crippen LogP contribution in [0, 0.1) is 6.92 Å². The topological polar surface area (TPSA) is 46.2 Å². The number of hydrogen-bond donors (Lipinski definition) is 1. The van der Waals surface area contributed by atoms with E-state index in [9.17, 15) is 8.42 Å². The average molecular weight is 352 g/mol. The van der Waals surface area contributed by atoms with Gasteiger partial charge in [-0.15, -0.1) is 11.3 Å². The van der Waals surface area contributed by atoms with Gasteiger partial charge in [0.05, 0.1) is 3.79 Å². The number of sulfonamides is 1. The predicted octanol–water partition coefficient (Wildman–Crippen LogP) is 3.36. The normalized spacial score (nSPS) is 11.9. The third kappa shape index (κ3) is 3.17. The highest BCUT2D eigenvalue weighted by molar-refractivity contribution is 9.11. The van der Waals surface area contributed by atoms with Gasteiger partial charge in [-0.05, 0) is 56.9 Å². The lowest BCUT2D eigenvalue weighted by Crippen LogP contribution is -2.22. The van der Waals surface area contributed by atoms with E-state index in [4.69, 9.17) is 0 Å². The zero-order valence-corrected chi connectivity index (χ0v) is 13.0. The van der Waals surface area contributed by atoms with Crippen LogP contribution in [0.15, 0.2) is 30.9 Å². The first kappa shape index (κ1) is 13.2. The van der Waals surface area contributed by atoms with Gasteiger partial charge in [0.1, 0.15) is 4.21 Å². The summed E-state index contributed by atoms with van der Waals surface area (Å²) in [5.74, 6) is 0. The smallest absolute Gasteiger partial charge is 0.206 e. The van der Waals surface area contributed by atoms with Crippen LogP contribution in [0.25, 0.3) is 0 Å². The molecule has 0 radical (unpaired) electrons. The molecule has 92 valence electrons. The molecule has 3 nitrogen and oxygen atoms in total. The molecule has 2 rings (SSSR count). The second-order valence-electron chi connectivity index (χ2n) is 3.46. The number of thiophene rings is 2. The predicted molar refractivity (Wildman–Crippen MR) is 75.1 cm³/mol. The van der Waals surface area contributed by atoms with Crippen molar-refractivity contribution in [3.8, 4) is 0 Å². The van der Waals surface area contributed by atoms with Gasteiger partial charge in [-0.1, -0.05) is 0 Å². The fraction of sp³-hybridized carbons (Fsp3) is 0.200. The Hall–Kier alpha value is -0.210. The van der Waals surface area contributed by atoms with Gasteiger partial charge in [-0.3, -0.25) is 0 Å². The van der Waals surface area contributed by atoms with Gasteiger partial charge in [0.2, 0.25) is 10.0 Å². The monoisotopic (exact) mass is 351 g/mol. The molecule has 0 aromatic carbocycles. The second kappa shape index (κ2) is 5.19. The molecule has 2 aromatic heterocycles. The van der Waals surface area contributed by atoms with Crippen LogP contribution in [-0.2, 0) is 16.6 Å². The maximum absolute atomic E-state index is 11.9. The lowest BCUT2D eigenvalue weighted by atomic mass is 10.2. The fourth-order valence-corrected chi connectivity index (χ4v) is 5.17.